The molecule has 0 unspecified atom stereocenters. The molecule has 0 fully saturated rings. The zero-order valence-corrected chi connectivity index (χ0v) is 37.7. The van der Waals surface area contributed by atoms with Crippen molar-refractivity contribution < 1.29 is 76.3 Å². The molecule has 69 heavy (non-hydrogen) atoms. The number of hydrogen-bond acceptors (Lipinski definition) is 20. The molecule has 4 rings (SSSR count). The number of nitrogens with one attached hydrogen (secondary N) is 4. The number of aromatic nitrogens is 8. The van der Waals surface area contributed by atoms with Crippen molar-refractivity contribution >= 4 is 47.5 Å². The number of nitrogens with zero attached hydrogens (tertiary/aromatic N) is 8. The fourth-order valence-corrected chi connectivity index (χ4v) is 5.48. The van der Waals surface area contributed by atoms with Crippen LogP contribution in [0.4, 0.5) is 0 Å². The molecule has 28 heteroatoms. The fourth-order valence-electron chi connectivity index (χ4n) is 5.48. The Morgan fingerprint density at radius 1 is 0.362 bits per heavy atom. The van der Waals surface area contributed by atoms with E-state index in [1.165, 1.54) is 50.1 Å². The lowest BCUT2D eigenvalue weighted by Crippen LogP contribution is -2.43. The first-order chi connectivity index (χ1) is 33.5. The molecule has 0 saturated carbocycles. The number of imidazole rings is 4. The smallest absolute Gasteiger partial charge is 0.315 e. The van der Waals surface area contributed by atoms with E-state index in [1.807, 2.05) is 0 Å². The van der Waals surface area contributed by atoms with Crippen LogP contribution in [0, 0.1) is 5.41 Å². The molecule has 0 aliphatic carbocycles. The molecule has 4 N–H and O–H groups in total. The summed E-state index contributed by atoms with van der Waals surface area (Å²) < 4.78 is 50.6. The third-order valence-corrected chi connectivity index (χ3v) is 8.89. The number of amides is 4. The largest absolute Gasteiger partial charge is 0.463 e. The molecule has 0 aromatic carbocycles. The highest BCUT2D eigenvalue weighted by molar-refractivity contribution is 5.95. The average Bonchev–Trinajstić information content (AvgIpc) is 4.19. The van der Waals surface area contributed by atoms with E-state index < -0.39 is 78.6 Å². The minimum atomic E-state index is -1.18. The van der Waals surface area contributed by atoms with E-state index in [0.717, 1.165) is 0 Å². The first-order valence-corrected chi connectivity index (χ1v) is 21.3. The van der Waals surface area contributed by atoms with E-state index >= 15 is 0 Å². The molecular formula is C41H56N12O16. The van der Waals surface area contributed by atoms with Gasteiger partial charge >= 0.3 is 23.9 Å². The van der Waals surface area contributed by atoms with Crippen LogP contribution in [0.25, 0.3) is 0 Å². The van der Waals surface area contributed by atoms with Crippen LogP contribution in [0.2, 0.25) is 0 Å². The molecule has 0 spiro atoms. The Labute approximate surface area is 394 Å². The van der Waals surface area contributed by atoms with Gasteiger partial charge in [0.05, 0.1) is 110 Å². The van der Waals surface area contributed by atoms with Gasteiger partial charge in [-0.3, -0.25) is 38.4 Å². The zero-order chi connectivity index (χ0) is 49.4. The molecule has 4 amide bonds. The van der Waals surface area contributed by atoms with Gasteiger partial charge in [0.15, 0.2) is 0 Å². The third kappa shape index (κ3) is 24.2. The maximum absolute atomic E-state index is 12.3. The fraction of sp³-hybridized carbons (Fsp3) is 0.512. The molecule has 4 heterocycles. The van der Waals surface area contributed by atoms with Gasteiger partial charge in [0.2, 0.25) is 23.6 Å². The predicted molar refractivity (Wildman–Crippen MR) is 229 cm³/mol. The summed E-state index contributed by atoms with van der Waals surface area (Å²) in [7, 11) is 0. The lowest BCUT2D eigenvalue weighted by molar-refractivity contribution is -0.152. The van der Waals surface area contributed by atoms with Crippen molar-refractivity contribution in [2.24, 2.45) is 5.41 Å². The van der Waals surface area contributed by atoms with Gasteiger partial charge in [-0.25, -0.2) is 19.9 Å². The molecule has 0 aliphatic rings. The second-order valence-electron chi connectivity index (χ2n) is 14.6. The van der Waals surface area contributed by atoms with Crippen molar-refractivity contribution in [2.75, 3.05) is 79.3 Å². The van der Waals surface area contributed by atoms with E-state index in [1.54, 1.807) is 43.1 Å². The highest BCUT2D eigenvalue weighted by atomic mass is 16.6. The number of hydrogen-bond donors (Lipinski definition) is 4. The van der Waals surface area contributed by atoms with Gasteiger partial charge in [-0.2, -0.15) is 0 Å². The van der Waals surface area contributed by atoms with E-state index in [4.69, 9.17) is 37.9 Å². The van der Waals surface area contributed by atoms with Crippen LogP contribution in [-0.2, 0) is 103 Å². The molecular weight excluding hydrogens is 917 g/mol. The minimum Gasteiger partial charge on any atom is -0.463 e. The molecule has 0 bridgehead atoms. The molecule has 28 nitrogen and oxygen atoms in total. The lowest BCUT2D eigenvalue weighted by Gasteiger charge is -2.33. The lowest BCUT2D eigenvalue weighted by atomic mass is 9.92. The van der Waals surface area contributed by atoms with Crippen LogP contribution < -0.4 is 21.3 Å². The van der Waals surface area contributed by atoms with Gasteiger partial charge in [0.25, 0.3) is 0 Å². The van der Waals surface area contributed by atoms with Gasteiger partial charge in [0.1, 0.15) is 52.1 Å². The van der Waals surface area contributed by atoms with E-state index in [2.05, 4.69) is 41.2 Å². The van der Waals surface area contributed by atoms with E-state index in [9.17, 15) is 38.4 Å². The summed E-state index contributed by atoms with van der Waals surface area (Å²) in [5.74, 6) is -5.49. The standard InChI is InChI=1S/C41H56N12O16/c54-33(46-29-50-5-1-42-25-50)17-37(58)66-13-9-62-21-41(22-63-10-14-67-38(59)18-34(55)47-30-51-6-2-43-26-51,23-64-11-15-68-39(60)19-35(56)48-31-52-7-3-44-27-52)24-65-12-16-69-40(61)20-36(57)49-32-53-8-4-45-28-53/h1-8,25-28H,9-24,29-32H2,(H,46,54)(H,47,55)(H,48,56)(H,49,57). The van der Waals surface area contributed by atoms with Gasteiger partial charge in [-0.05, 0) is 0 Å². The SMILES string of the molecule is O=C(CC(=O)OCCOCC(COCCOC(=O)CC(=O)NCn1ccnc1)(COCCOC(=O)CC(=O)NCn1ccnc1)COCCOC(=O)CC(=O)NCn1ccnc1)NCn1ccnc1. The summed E-state index contributed by atoms with van der Waals surface area (Å²) in [5, 5.41) is 10.2. The Bertz CT molecular complexity index is 1830. The number of ether oxygens (including phenoxy) is 8. The number of rotatable bonds is 36. The second kappa shape index (κ2) is 31.4. The van der Waals surface area contributed by atoms with Crippen molar-refractivity contribution in [1.29, 1.82) is 0 Å². The van der Waals surface area contributed by atoms with Crippen LogP contribution in [-0.4, -0.2) is 165 Å². The maximum Gasteiger partial charge on any atom is 0.315 e. The van der Waals surface area contributed by atoms with Crippen molar-refractivity contribution in [1.82, 2.24) is 59.5 Å². The van der Waals surface area contributed by atoms with Crippen molar-refractivity contribution in [2.45, 2.75) is 52.4 Å². The van der Waals surface area contributed by atoms with Gasteiger partial charge in [-0.1, -0.05) is 0 Å². The van der Waals surface area contributed by atoms with Gasteiger partial charge in [0, 0.05) is 49.6 Å². The van der Waals surface area contributed by atoms with Crippen LogP contribution >= 0.6 is 0 Å². The second-order valence-corrected chi connectivity index (χ2v) is 14.6. The molecule has 0 saturated heterocycles. The molecule has 0 aliphatic heterocycles. The normalized spacial score (nSPS) is 11.0. The number of esters is 4. The Kier molecular flexibility index (Phi) is 24.6. The topological polar surface area (TPSA) is 330 Å². The highest BCUT2D eigenvalue weighted by Crippen LogP contribution is 2.21. The van der Waals surface area contributed by atoms with Crippen LogP contribution in [0.3, 0.4) is 0 Å². The molecule has 376 valence electrons. The van der Waals surface area contributed by atoms with Gasteiger partial charge < -0.3 is 77.4 Å². The summed E-state index contributed by atoms with van der Waals surface area (Å²) in [6.45, 7) is -1.78. The van der Waals surface area contributed by atoms with Crippen molar-refractivity contribution in [3.05, 3.63) is 74.9 Å². The minimum absolute atomic E-state index is 0.108. The first-order valence-electron chi connectivity index (χ1n) is 21.3. The number of carbonyl (C=O) groups is 8. The summed E-state index contributed by atoms with van der Waals surface area (Å²) in [5.41, 5.74) is -1.18. The monoisotopic (exact) mass is 972 g/mol. The van der Waals surface area contributed by atoms with Crippen LogP contribution in [0.1, 0.15) is 25.7 Å². The Morgan fingerprint density at radius 2 is 0.594 bits per heavy atom. The first kappa shape index (κ1) is 54.0. The molecule has 0 radical (unpaired) electrons. The summed E-state index contributed by atoms with van der Waals surface area (Å²) >= 11 is 0. The van der Waals surface area contributed by atoms with Crippen LogP contribution in [0.15, 0.2) is 74.9 Å². The Morgan fingerprint density at radius 3 is 0.797 bits per heavy atom. The summed E-state index contributed by atoms with van der Waals surface area (Å²) in [4.78, 5) is 114. The number of carbonyl (C=O) groups excluding carboxylic acids is 8. The van der Waals surface area contributed by atoms with Crippen molar-refractivity contribution in [3.63, 3.8) is 0 Å². The average molecular weight is 973 g/mol. The quantitative estimate of drug-likeness (QED) is 0.0160. The van der Waals surface area contributed by atoms with Crippen molar-refractivity contribution in [3.8, 4) is 0 Å². The summed E-state index contributed by atoms with van der Waals surface area (Å²) in [6.07, 6.45) is 16.5. The molecule has 4 aromatic rings. The van der Waals surface area contributed by atoms with E-state index in [0.29, 0.717) is 0 Å². The van der Waals surface area contributed by atoms with Gasteiger partial charge in [-0.15, -0.1) is 0 Å². The highest BCUT2D eigenvalue weighted by Gasteiger charge is 2.33. The van der Waals surface area contributed by atoms with E-state index in [-0.39, 0.29) is 106 Å². The Balaban J connectivity index is 1.29. The zero-order valence-electron chi connectivity index (χ0n) is 37.7. The maximum atomic E-state index is 12.3. The molecule has 0 atom stereocenters. The Hall–Kier alpha value is -7.56. The van der Waals surface area contributed by atoms with Crippen LogP contribution in [0.5, 0.6) is 0 Å². The summed E-state index contributed by atoms with van der Waals surface area (Å²) in [6, 6.07) is 0. The molecule has 4 aromatic heterocycles. The predicted octanol–water partition coefficient (Wildman–Crippen LogP) is -2.35. The third-order valence-electron chi connectivity index (χ3n) is 8.89.